The SMILES string of the molecule is Cc1cc(C(=O)CN2CCC(N3CCO[C@H](C)C3)CC2)c(C)[nH]1. The van der Waals surface area contributed by atoms with Gasteiger partial charge in [-0.25, -0.2) is 0 Å². The standard InChI is InChI=1S/C18H29N3O2/c1-13-10-17(15(3)19-13)18(22)12-20-6-4-16(5-7-20)21-8-9-23-14(2)11-21/h10,14,16,19H,4-9,11-12H2,1-3H3/t14-/m1/s1. The van der Waals surface area contributed by atoms with Gasteiger partial charge in [0, 0.05) is 49.2 Å². The summed E-state index contributed by atoms with van der Waals surface area (Å²) < 4.78 is 5.64. The van der Waals surface area contributed by atoms with Crippen molar-refractivity contribution in [1.29, 1.82) is 0 Å². The van der Waals surface area contributed by atoms with Crippen LogP contribution in [0.3, 0.4) is 0 Å². The number of nitrogens with one attached hydrogen (secondary N) is 1. The normalized spacial score (nSPS) is 24.9. The first kappa shape index (κ1) is 16.7. The zero-order chi connectivity index (χ0) is 16.4. The number of aromatic nitrogens is 1. The number of aryl methyl sites for hydroxylation is 2. The summed E-state index contributed by atoms with van der Waals surface area (Å²) in [6.07, 6.45) is 2.67. The molecule has 128 valence electrons. The van der Waals surface area contributed by atoms with Crippen molar-refractivity contribution in [2.75, 3.05) is 39.3 Å². The second-order valence-corrected chi connectivity index (χ2v) is 7.10. The molecule has 0 saturated carbocycles. The summed E-state index contributed by atoms with van der Waals surface area (Å²) in [6.45, 7) is 11.7. The van der Waals surface area contributed by atoms with Crippen molar-refractivity contribution < 1.29 is 9.53 Å². The van der Waals surface area contributed by atoms with Crippen LogP contribution in [0.15, 0.2) is 6.07 Å². The molecule has 0 aliphatic carbocycles. The van der Waals surface area contributed by atoms with Crippen LogP contribution in [-0.2, 0) is 4.74 Å². The predicted octanol–water partition coefficient (Wildman–Crippen LogP) is 2.00. The molecule has 3 heterocycles. The van der Waals surface area contributed by atoms with Gasteiger partial charge < -0.3 is 9.72 Å². The van der Waals surface area contributed by atoms with Gasteiger partial charge >= 0.3 is 0 Å². The molecule has 0 amide bonds. The monoisotopic (exact) mass is 319 g/mol. The third-order valence-electron chi connectivity index (χ3n) is 5.16. The minimum absolute atomic E-state index is 0.241. The Kier molecular flexibility index (Phi) is 5.19. The molecule has 2 fully saturated rings. The van der Waals surface area contributed by atoms with Crippen LogP contribution < -0.4 is 0 Å². The molecule has 0 bridgehead atoms. The third-order valence-corrected chi connectivity index (χ3v) is 5.16. The Morgan fingerprint density at radius 1 is 1.30 bits per heavy atom. The fourth-order valence-electron chi connectivity index (χ4n) is 3.92. The van der Waals surface area contributed by atoms with Crippen LogP contribution in [0.4, 0.5) is 0 Å². The van der Waals surface area contributed by atoms with Crippen LogP contribution >= 0.6 is 0 Å². The number of carbonyl (C=O) groups excluding carboxylic acids is 1. The van der Waals surface area contributed by atoms with Crippen LogP contribution in [0.1, 0.15) is 41.5 Å². The highest BCUT2D eigenvalue weighted by molar-refractivity contribution is 5.98. The highest BCUT2D eigenvalue weighted by Crippen LogP contribution is 2.20. The summed E-state index contributed by atoms with van der Waals surface area (Å²) in [4.78, 5) is 20.6. The maximum Gasteiger partial charge on any atom is 0.178 e. The molecule has 3 rings (SSSR count). The zero-order valence-corrected chi connectivity index (χ0v) is 14.6. The van der Waals surface area contributed by atoms with Crippen LogP contribution in [0, 0.1) is 13.8 Å². The molecule has 1 N–H and O–H groups in total. The van der Waals surface area contributed by atoms with E-state index in [1.165, 1.54) is 0 Å². The Morgan fingerprint density at radius 2 is 2.04 bits per heavy atom. The highest BCUT2D eigenvalue weighted by Gasteiger charge is 2.28. The summed E-state index contributed by atoms with van der Waals surface area (Å²) in [5.41, 5.74) is 2.90. The molecule has 0 aromatic carbocycles. The van der Waals surface area contributed by atoms with Gasteiger partial charge in [0.25, 0.3) is 0 Å². The maximum absolute atomic E-state index is 12.5. The summed E-state index contributed by atoms with van der Waals surface area (Å²) in [7, 11) is 0. The van der Waals surface area contributed by atoms with Gasteiger partial charge in [-0.2, -0.15) is 0 Å². The number of ketones is 1. The van der Waals surface area contributed by atoms with E-state index >= 15 is 0 Å². The lowest BCUT2D eigenvalue weighted by atomic mass is 10.0. The van der Waals surface area contributed by atoms with E-state index in [4.69, 9.17) is 4.74 Å². The third kappa shape index (κ3) is 4.03. The lowest BCUT2D eigenvalue weighted by Gasteiger charge is -2.41. The second kappa shape index (κ2) is 7.16. The Hall–Kier alpha value is -1.17. The molecule has 23 heavy (non-hydrogen) atoms. The van der Waals surface area contributed by atoms with E-state index < -0.39 is 0 Å². The Labute approximate surface area is 139 Å². The quantitative estimate of drug-likeness (QED) is 0.863. The summed E-state index contributed by atoms with van der Waals surface area (Å²) >= 11 is 0. The van der Waals surface area contributed by atoms with Crippen molar-refractivity contribution in [2.45, 2.75) is 45.8 Å². The molecule has 2 saturated heterocycles. The number of aromatic amines is 1. The van der Waals surface area contributed by atoms with Gasteiger partial charge in [0.05, 0.1) is 19.3 Å². The molecular formula is C18H29N3O2. The van der Waals surface area contributed by atoms with Gasteiger partial charge in [-0.3, -0.25) is 14.6 Å². The lowest BCUT2D eigenvalue weighted by molar-refractivity contribution is -0.0430. The van der Waals surface area contributed by atoms with Gasteiger partial charge in [0.2, 0.25) is 0 Å². The number of ether oxygens (including phenoxy) is 1. The van der Waals surface area contributed by atoms with Crippen LogP contribution in [0.25, 0.3) is 0 Å². The minimum atomic E-state index is 0.241. The summed E-state index contributed by atoms with van der Waals surface area (Å²) in [5.74, 6) is 0.241. The lowest BCUT2D eigenvalue weighted by Crippen LogP contribution is -2.51. The smallest absolute Gasteiger partial charge is 0.178 e. The number of piperidine rings is 1. The number of morpholine rings is 1. The van der Waals surface area contributed by atoms with E-state index in [0.29, 0.717) is 18.7 Å². The predicted molar refractivity (Wildman–Crippen MR) is 91.0 cm³/mol. The second-order valence-electron chi connectivity index (χ2n) is 7.10. The fourth-order valence-corrected chi connectivity index (χ4v) is 3.92. The Bertz CT molecular complexity index is 546. The van der Waals surface area contributed by atoms with Crippen molar-refractivity contribution >= 4 is 5.78 Å². The van der Waals surface area contributed by atoms with Crippen molar-refractivity contribution in [2.24, 2.45) is 0 Å². The van der Waals surface area contributed by atoms with Crippen molar-refractivity contribution in [3.8, 4) is 0 Å². The van der Waals surface area contributed by atoms with Gasteiger partial charge in [-0.15, -0.1) is 0 Å². The molecule has 0 radical (unpaired) electrons. The van der Waals surface area contributed by atoms with E-state index in [0.717, 1.165) is 62.6 Å². The molecule has 1 aromatic heterocycles. The molecule has 0 spiro atoms. The van der Waals surface area contributed by atoms with Gasteiger partial charge in [0.1, 0.15) is 0 Å². The fraction of sp³-hybridized carbons (Fsp3) is 0.722. The molecule has 5 nitrogen and oxygen atoms in total. The molecule has 1 aromatic rings. The average Bonchev–Trinajstić information content (AvgIpc) is 2.87. The van der Waals surface area contributed by atoms with Crippen LogP contribution in [0.5, 0.6) is 0 Å². The first-order valence-corrected chi connectivity index (χ1v) is 8.80. The van der Waals surface area contributed by atoms with Gasteiger partial charge in [-0.05, 0) is 39.7 Å². The number of nitrogens with zero attached hydrogens (tertiary/aromatic N) is 2. The number of hydrogen-bond acceptors (Lipinski definition) is 4. The van der Waals surface area contributed by atoms with Gasteiger partial charge in [-0.1, -0.05) is 0 Å². The van der Waals surface area contributed by atoms with Crippen LogP contribution in [0.2, 0.25) is 0 Å². The molecule has 5 heteroatoms. The minimum Gasteiger partial charge on any atom is -0.376 e. The summed E-state index contributed by atoms with van der Waals surface area (Å²) in [6, 6.07) is 2.63. The Morgan fingerprint density at radius 3 is 2.65 bits per heavy atom. The number of likely N-dealkylation sites (tertiary alicyclic amines) is 1. The number of Topliss-reactive ketones (excluding diaryl/α,β-unsaturated/α-hetero) is 1. The Balaban J connectivity index is 1.49. The average molecular weight is 319 g/mol. The van der Waals surface area contributed by atoms with E-state index in [9.17, 15) is 4.79 Å². The van der Waals surface area contributed by atoms with Crippen molar-refractivity contribution in [3.63, 3.8) is 0 Å². The number of H-pyrrole nitrogens is 1. The molecule has 2 aliphatic rings. The van der Waals surface area contributed by atoms with Crippen molar-refractivity contribution in [3.05, 3.63) is 23.0 Å². The molecule has 0 unspecified atom stereocenters. The molecular weight excluding hydrogens is 290 g/mol. The van der Waals surface area contributed by atoms with E-state index in [1.54, 1.807) is 0 Å². The van der Waals surface area contributed by atoms with Gasteiger partial charge in [0.15, 0.2) is 5.78 Å². The van der Waals surface area contributed by atoms with E-state index in [-0.39, 0.29) is 5.78 Å². The molecule has 1 atom stereocenters. The number of rotatable bonds is 4. The topological polar surface area (TPSA) is 48.6 Å². The first-order valence-electron chi connectivity index (χ1n) is 8.80. The number of carbonyl (C=O) groups is 1. The number of hydrogen-bond donors (Lipinski definition) is 1. The zero-order valence-electron chi connectivity index (χ0n) is 14.6. The summed E-state index contributed by atoms with van der Waals surface area (Å²) in [5, 5.41) is 0. The van der Waals surface area contributed by atoms with Crippen LogP contribution in [-0.4, -0.2) is 72.0 Å². The molecule has 2 aliphatic heterocycles. The largest absolute Gasteiger partial charge is 0.376 e. The first-order chi connectivity index (χ1) is 11.0. The van der Waals surface area contributed by atoms with Crippen molar-refractivity contribution in [1.82, 2.24) is 14.8 Å². The maximum atomic E-state index is 12.5. The van der Waals surface area contributed by atoms with E-state index in [1.807, 2.05) is 19.9 Å². The van der Waals surface area contributed by atoms with E-state index in [2.05, 4.69) is 21.7 Å². The highest BCUT2D eigenvalue weighted by atomic mass is 16.5.